The van der Waals surface area contributed by atoms with Crippen molar-refractivity contribution >= 4 is 24.2 Å². The van der Waals surface area contributed by atoms with Gasteiger partial charge in [-0.05, 0) is 24.8 Å². The highest BCUT2D eigenvalue weighted by atomic mass is 35.5. The van der Waals surface area contributed by atoms with E-state index >= 15 is 0 Å². The van der Waals surface area contributed by atoms with Crippen molar-refractivity contribution in [2.45, 2.75) is 46.1 Å². The minimum absolute atomic E-state index is 0. The zero-order chi connectivity index (χ0) is 13.6. The summed E-state index contributed by atoms with van der Waals surface area (Å²) in [6.07, 6.45) is 2.71. The van der Waals surface area contributed by atoms with Gasteiger partial charge in [0.15, 0.2) is 0 Å². The molecule has 1 aliphatic heterocycles. The summed E-state index contributed by atoms with van der Waals surface area (Å²) in [5, 5.41) is 8.78. The van der Waals surface area contributed by atoms with Crippen LogP contribution in [0.1, 0.15) is 40.0 Å². The van der Waals surface area contributed by atoms with Gasteiger partial charge in [-0.15, -0.1) is 12.4 Å². The van der Waals surface area contributed by atoms with E-state index < -0.39 is 0 Å². The van der Waals surface area contributed by atoms with Gasteiger partial charge in [-0.3, -0.25) is 9.59 Å². The van der Waals surface area contributed by atoms with Crippen molar-refractivity contribution in [3.8, 4) is 0 Å². The van der Waals surface area contributed by atoms with Gasteiger partial charge in [-0.25, -0.2) is 0 Å². The molecule has 0 aliphatic carbocycles. The van der Waals surface area contributed by atoms with E-state index in [0.717, 1.165) is 13.0 Å². The van der Waals surface area contributed by atoms with Crippen molar-refractivity contribution in [1.82, 2.24) is 16.0 Å². The zero-order valence-corrected chi connectivity index (χ0v) is 12.9. The summed E-state index contributed by atoms with van der Waals surface area (Å²) in [6, 6.07) is 0.388. The lowest BCUT2D eigenvalue weighted by Gasteiger charge is -2.17. The van der Waals surface area contributed by atoms with E-state index in [4.69, 9.17) is 0 Å². The normalized spacial score (nSPS) is 18.6. The standard InChI is InChI=1S/C13H25N3O2.ClH/c1-13(2,3)7-11(17)16-9-12(18)15-8-10-5-4-6-14-10;/h10,14H,4-9H2,1-3H3,(H,15,18)(H,16,17);1H. The number of hydrogen-bond acceptors (Lipinski definition) is 3. The molecule has 0 saturated carbocycles. The van der Waals surface area contributed by atoms with E-state index in [2.05, 4.69) is 16.0 Å². The molecule has 0 aromatic carbocycles. The summed E-state index contributed by atoms with van der Waals surface area (Å²) in [5.41, 5.74) is -0.0473. The highest BCUT2D eigenvalue weighted by Gasteiger charge is 2.17. The largest absolute Gasteiger partial charge is 0.353 e. The van der Waals surface area contributed by atoms with Gasteiger partial charge in [-0.2, -0.15) is 0 Å². The lowest BCUT2D eigenvalue weighted by Crippen LogP contribution is -2.42. The number of carbonyl (C=O) groups is 2. The van der Waals surface area contributed by atoms with E-state index in [1.165, 1.54) is 6.42 Å². The molecule has 1 rings (SSSR count). The highest BCUT2D eigenvalue weighted by Crippen LogP contribution is 2.17. The fourth-order valence-electron chi connectivity index (χ4n) is 1.95. The molecule has 2 amide bonds. The van der Waals surface area contributed by atoms with Gasteiger partial charge < -0.3 is 16.0 Å². The van der Waals surface area contributed by atoms with Crippen molar-refractivity contribution in [3.63, 3.8) is 0 Å². The summed E-state index contributed by atoms with van der Waals surface area (Å²) in [5.74, 6) is -0.192. The first-order chi connectivity index (χ1) is 8.37. The monoisotopic (exact) mass is 291 g/mol. The summed E-state index contributed by atoms with van der Waals surface area (Å²) >= 11 is 0. The zero-order valence-electron chi connectivity index (χ0n) is 12.0. The number of carbonyl (C=O) groups excluding carboxylic acids is 2. The Morgan fingerprint density at radius 3 is 2.42 bits per heavy atom. The molecular formula is C13H26ClN3O2. The lowest BCUT2D eigenvalue weighted by atomic mass is 9.92. The van der Waals surface area contributed by atoms with Gasteiger partial charge in [-0.1, -0.05) is 20.8 Å². The lowest BCUT2D eigenvalue weighted by molar-refractivity contribution is -0.127. The van der Waals surface area contributed by atoms with Crippen LogP contribution < -0.4 is 16.0 Å². The smallest absolute Gasteiger partial charge is 0.239 e. The Morgan fingerprint density at radius 1 is 1.21 bits per heavy atom. The van der Waals surface area contributed by atoms with Gasteiger partial charge in [0.2, 0.25) is 11.8 Å². The summed E-state index contributed by atoms with van der Waals surface area (Å²) in [4.78, 5) is 23.0. The van der Waals surface area contributed by atoms with Gasteiger partial charge in [0.05, 0.1) is 6.54 Å². The van der Waals surface area contributed by atoms with Crippen molar-refractivity contribution < 1.29 is 9.59 Å². The predicted molar refractivity (Wildman–Crippen MR) is 78.4 cm³/mol. The summed E-state index contributed by atoms with van der Waals surface area (Å²) in [6.45, 7) is 7.74. The Labute approximate surface area is 121 Å². The molecule has 0 aromatic rings. The maximum absolute atomic E-state index is 11.5. The molecule has 0 aromatic heterocycles. The van der Waals surface area contributed by atoms with Crippen LogP contribution in [0.25, 0.3) is 0 Å². The van der Waals surface area contributed by atoms with Gasteiger partial charge in [0, 0.05) is 19.0 Å². The second-order valence-electron chi connectivity index (χ2n) is 6.11. The van der Waals surface area contributed by atoms with Crippen LogP contribution in [-0.2, 0) is 9.59 Å². The average Bonchev–Trinajstić information content (AvgIpc) is 2.74. The molecule has 0 spiro atoms. The Morgan fingerprint density at radius 2 is 1.89 bits per heavy atom. The molecule has 0 bridgehead atoms. The van der Waals surface area contributed by atoms with Crippen LogP contribution in [0.5, 0.6) is 0 Å². The summed E-state index contributed by atoms with van der Waals surface area (Å²) in [7, 11) is 0. The van der Waals surface area contributed by atoms with Crippen LogP contribution >= 0.6 is 12.4 Å². The molecule has 1 heterocycles. The second kappa shape index (κ2) is 8.38. The first-order valence-corrected chi connectivity index (χ1v) is 6.63. The van der Waals surface area contributed by atoms with Gasteiger partial charge >= 0.3 is 0 Å². The van der Waals surface area contributed by atoms with E-state index in [-0.39, 0.29) is 36.2 Å². The topological polar surface area (TPSA) is 70.2 Å². The number of halogens is 1. The molecule has 112 valence electrons. The van der Waals surface area contributed by atoms with Crippen LogP contribution in [-0.4, -0.2) is 37.5 Å². The first kappa shape index (κ1) is 18.2. The van der Waals surface area contributed by atoms with Crippen LogP contribution in [0.4, 0.5) is 0 Å². The van der Waals surface area contributed by atoms with Crippen molar-refractivity contribution in [2.75, 3.05) is 19.6 Å². The Bertz CT molecular complexity index is 297. The summed E-state index contributed by atoms with van der Waals surface area (Å²) < 4.78 is 0. The minimum atomic E-state index is -0.119. The molecule has 19 heavy (non-hydrogen) atoms. The quantitative estimate of drug-likeness (QED) is 0.703. The molecule has 1 saturated heterocycles. The molecule has 6 heteroatoms. The fourth-order valence-corrected chi connectivity index (χ4v) is 1.95. The van der Waals surface area contributed by atoms with Crippen LogP contribution in [0.15, 0.2) is 0 Å². The number of nitrogens with one attached hydrogen (secondary N) is 3. The van der Waals surface area contributed by atoms with Crippen molar-refractivity contribution in [2.24, 2.45) is 5.41 Å². The van der Waals surface area contributed by atoms with Crippen LogP contribution in [0.3, 0.4) is 0 Å². The Kier molecular flexibility index (Phi) is 8.02. The number of hydrogen-bond donors (Lipinski definition) is 3. The molecule has 0 radical (unpaired) electrons. The van der Waals surface area contributed by atoms with E-state index in [0.29, 0.717) is 19.0 Å². The highest BCUT2D eigenvalue weighted by molar-refractivity contribution is 5.85. The minimum Gasteiger partial charge on any atom is -0.353 e. The molecule has 1 unspecified atom stereocenters. The van der Waals surface area contributed by atoms with E-state index in [9.17, 15) is 9.59 Å². The third kappa shape index (κ3) is 8.83. The second-order valence-corrected chi connectivity index (χ2v) is 6.11. The molecule has 3 N–H and O–H groups in total. The maximum Gasteiger partial charge on any atom is 0.239 e. The third-order valence-corrected chi connectivity index (χ3v) is 2.85. The number of amides is 2. The van der Waals surface area contributed by atoms with Crippen molar-refractivity contribution in [1.29, 1.82) is 0 Å². The molecule has 1 aliphatic rings. The average molecular weight is 292 g/mol. The van der Waals surface area contributed by atoms with E-state index in [1.807, 2.05) is 20.8 Å². The van der Waals surface area contributed by atoms with Gasteiger partial charge in [0.25, 0.3) is 0 Å². The molecular weight excluding hydrogens is 266 g/mol. The molecule has 1 atom stereocenters. The molecule has 5 nitrogen and oxygen atoms in total. The number of rotatable bonds is 5. The SMILES string of the molecule is CC(C)(C)CC(=O)NCC(=O)NCC1CCCN1.Cl. The molecule has 1 fully saturated rings. The van der Waals surface area contributed by atoms with Crippen molar-refractivity contribution in [3.05, 3.63) is 0 Å². The van der Waals surface area contributed by atoms with E-state index in [1.54, 1.807) is 0 Å². The van der Waals surface area contributed by atoms with Crippen LogP contribution in [0, 0.1) is 5.41 Å². The predicted octanol–water partition coefficient (Wildman–Crippen LogP) is 0.829. The Hall–Kier alpha value is -0.810. The Balaban J connectivity index is 0.00000324. The third-order valence-electron chi connectivity index (χ3n) is 2.85. The first-order valence-electron chi connectivity index (χ1n) is 6.63. The van der Waals surface area contributed by atoms with Gasteiger partial charge in [0.1, 0.15) is 0 Å². The van der Waals surface area contributed by atoms with Crippen LogP contribution in [0.2, 0.25) is 0 Å². The fraction of sp³-hybridized carbons (Fsp3) is 0.846. The maximum atomic E-state index is 11.5.